The molecular formula is C14H26N2. The minimum atomic E-state index is 0.783. The minimum absolute atomic E-state index is 0.783. The summed E-state index contributed by atoms with van der Waals surface area (Å²) in [6, 6.07) is 0. The van der Waals surface area contributed by atoms with E-state index in [2.05, 4.69) is 10.2 Å². The normalized spacial score (nSPS) is 31.5. The second kappa shape index (κ2) is 4.66. The zero-order valence-electron chi connectivity index (χ0n) is 10.5. The fraction of sp³-hybridized carbons (Fsp3) is 1.00. The highest BCUT2D eigenvalue weighted by Crippen LogP contribution is 2.44. The van der Waals surface area contributed by atoms with Crippen molar-refractivity contribution in [2.24, 2.45) is 11.3 Å². The summed E-state index contributed by atoms with van der Waals surface area (Å²) in [7, 11) is 0. The third-order valence-corrected chi connectivity index (χ3v) is 5.01. The predicted molar refractivity (Wildman–Crippen MR) is 67.6 cm³/mol. The molecule has 1 saturated carbocycles. The van der Waals surface area contributed by atoms with Gasteiger partial charge in [0.2, 0.25) is 0 Å². The first-order valence-electron chi connectivity index (χ1n) is 7.29. The molecule has 0 atom stereocenters. The molecule has 0 aromatic carbocycles. The Balaban J connectivity index is 1.42. The van der Waals surface area contributed by atoms with Crippen molar-refractivity contribution in [2.75, 3.05) is 32.7 Å². The highest BCUT2D eigenvalue weighted by molar-refractivity contribution is 4.97. The van der Waals surface area contributed by atoms with Crippen LogP contribution in [0.1, 0.15) is 44.9 Å². The standard InChI is InChI=1S/C14H26N2/c1-2-6-14(7-3-1)11-16(12-14)10-13-4-8-15-9-5-13/h13,15H,1-12H2. The highest BCUT2D eigenvalue weighted by atomic mass is 15.2. The lowest BCUT2D eigenvalue weighted by Crippen LogP contribution is -2.58. The minimum Gasteiger partial charge on any atom is -0.317 e. The topological polar surface area (TPSA) is 15.3 Å². The van der Waals surface area contributed by atoms with Crippen LogP contribution >= 0.6 is 0 Å². The molecule has 3 rings (SSSR count). The molecule has 0 aromatic rings. The number of hydrogen-bond donors (Lipinski definition) is 1. The van der Waals surface area contributed by atoms with E-state index in [1.165, 1.54) is 77.7 Å². The van der Waals surface area contributed by atoms with E-state index in [0.717, 1.165) is 11.3 Å². The third-order valence-electron chi connectivity index (χ3n) is 5.01. The molecule has 2 saturated heterocycles. The average Bonchev–Trinajstić information content (AvgIpc) is 2.30. The maximum Gasteiger partial charge on any atom is 0.00506 e. The Bertz CT molecular complexity index is 216. The highest BCUT2D eigenvalue weighted by Gasteiger charge is 2.43. The molecule has 1 aliphatic carbocycles. The lowest BCUT2D eigenvalue weighted by molar-refractivity contribution is -0.0383. The van der Waals surface area contributed by atoms with Crippen molar-refractivity contribution in [1.82, 2.24) is 10.2 Å². The second-order valence-electron chi connectivity index (χ2n) is 6.42. The van der Waals surface area contributed by atoms with Crippen molar-refractivity contribution in [1.29, 1.82) is 0 Å². The van der Waals surface area contributed by atoms with Crippen molar-refractivity contribution >= 4 is 0 Å². The molecule has 1 N–H and O–H groups in total. The zero-order valence-corrected chi connectivity index (χ0v) is 10.5. The maximum absolute atomic E-state index is 3.46. The van der Waals surface area contributed by atoms with E-state index in [1.54, 1.807) is 0 Å². The van der Waals surface area contributed by atoms with Crippen LogP contribution in [0.3, 0.4) is 0 Å². The number of rotatable bonds is 2. The summed E-state index contributed by atoms with van der Waals surface area (Å²) in [5.41, 5.74) is 0.783. The first-order valence-corrected chi connectivity index (χ1v) is 7.29. The van der Waals surface area contributed by atoms with Gasteiger partial charge in [-0.05, 0) is 50.1 Å². The number of nitrogens with zero attached hydrogens (tertiary/aromatic N) is 1. The SMILES string of the molecule is C1CCC2(CC1)CN(CC1CCNCC1)C2. The van der Waals surface area contributed by atoms with E-state index in [-0.39, 0.29) is 0 Å². The van der Waals surface area contributed by atoms with E-state index >= 15 is 0 Å². The van der Waals surface area contributed by atoms with Crippen LogP contribution in [0.2, 0.25) is 0 Å². The van der Waals surface area contributed by atoms with Crippen molar-refractivity contribution in [3.63, 3.8) is 0 Å². The quantitative estimate of drug-likeness (QED) is 0.771. The van der Waals surface area contributed by atoms with Crippen LogP contribution in [-0.2, 0) is 0 Å². The molecule has 2 heteroatoms. The van der Waals surface area contributed by atoms with Crippen LogP contribution < -0.4 is 5.32 Å². The Morgan fingerprint density at radius 2 is 1.69 bits per heavy atom. The molecule has 0 amide bonds. The van der Waals surface area contributed by atoms with Crippen molar-refractivity contribution in [3.8, 4) is 0 Å². The lowest BCUT2D eigenvalue weighted by Gasteiger charge is -2.53. The van der Waals surface area contributed by atoms with Gasteiger partial charge >= 0.3 is 0 Å². The Labute approximate surface area is 99.8 Å². The second-order valence-corrected chi connectivity index (χ2v) is 6.42. The van der Waals surface area contributed by atoms with Gasteiger partial charge in [-0.3, -0.25) is 0 Å². The van der Waals surface area contributed by atoms with Crippen LogP contribution in [0.4, 0.5) is 0 Å². The predicted octanol–water partition coefficient (Wildman–Crippen LogP) is 2.25. The van der Waals surface area contributed by atoms with Crippen LogP contribution in [0.15, 0.2) is 0 Å². The fourth-order valence-corrected chi connectivity index (χ4v) is 4.08. The largest absolute Gasteiger partial charge is 0.317 e. The summed E-state index contributed by atoms with van der Waals surface area (Å²) in [6.45, 7) is 6.75. The summed E-state index contributed by atoms with van der Waals surface area (Å²) < 4.78 is 0. The molecule has 2 heterocycles. The van der Waals surface area contributed by atoms with Gasteiger partial charge in [0.25, 0.3) is 0 Å². The molecule has 0 aromatic heterocycles. The molecule has 2 nitrogen and oxygen atoms in total. The number of hydrogen-bond acceptors (Lipinski definition) is 2. The van der Waals surface area contributed by atoms with Gasteiger partial charge in [-0.2, -0.15) is 0 Å². The van der Waals surface area contributed by atoms with E-state index < -0.39 is 0 Å². The molecule has 3 fully saturated rings. The summed E-state index contributed by atoms with van der Waals surface area (Å²) in [5.74, 6) is 0.988. The number of nitrogens with one attached hydrogen (secondary N) is 1. The van der Waals surface area contributed by atoms with Gasteiger partial charge in [-0.25, -0.2) is 0 Å². The van der Waals surface area contributed by atoms with E-state index in [9.17, 15) is 0 Å². The van der Waals surface area contributed by atoms with Crippen LogP contribution in [0.5, 0.6) is 0 Å². The number of piperidine rings is 1. The average molecular weight is 222 g/mol. The third kappa shape index (κ3) is 2.28. The van der Waals surface area contributed by atoms with Crippen LogP contribution in [0, 0.1) is 11.3 Å². The molecule has 0 radical (unpaired) electrons. The first kappa shape index (κ1) is 11.0. The molecular weight excluding hydrogens is 196 g/mol. The fourth-order valence-electron chi connectivity index (χ4n) is 4.08. The Hall–Kier alpha value is -0.0800. The van der Waals surface area contributed by atoms with Gasteiger partial charge < -0.3 is 10.2 Å². The van der Waals surface area contributed by atoms with Crippen molar-refractivity contribution in [3.05, 3.63) is 0 Å². The summed E-state index contributed by atoms with van der Waals surface area (Å²) in [5, 5.41) is 3.46. The Morgan fingerprint density at radius 3 is 2.38 bits per heavy atom. The van der Waals surface area contributed by atoms with Gasteiger partial charge in [0.05, 0.1) is 0 Å². The smallest absolute Gasteiger partial charge is 0.00506 e. The number of likely N-dealkylation sites (tertiary alicyclic amines) is 1. The van der Waals surface area contributed by atoms with E-state index in [0.29, 0.717) is 0 Å². The van der Waals surface area contributed by atoms with Gasteiger partial charge in [-0.15, -0.1) is 0 Å². The molecule has 0 unspecified atom stereocenters. The van der Waals surface area contributed by atoms with E-state index in [4.69, 9.17) is 0 Å². The molecule has 1 spiro atoms. The molecule has 0 bridgehead atoms. The Morgan fingerprint density at radius 1 is 1.00 bits per heavy atom. The van der Waals surface area contributed by atoms with E-state index in [1.807, 2.05) is 0 Å². The molecule has 3 aliphatic rings. The lowest BCUT2D eigenvalue weighted by atomic mass is 9.68. The monoisotopic (exact) mass is 222 g/mol. The maximum atomic E-state index is 3.46. The first-order chi connectivity index (χ1) is 7.86. The zero-order chi connectivity index (χ0) is 10.8. The summed E-state index contributed by atoms with van der Waals surface area (Å²) in [6.07, 6.45) is 10.4. The summed E-state index contributed by atoms with van der Waals surface area (Å²) >= 11 is 0. The molecule has 92 valence electrons. The van der Waals surface area contributed by atoms with Gasteiger partial charge in [-0.1, -0.05) is 19.3 Å². The van der Waals surface area contributed by atoms with Crippen LogP contribution in [-0.4, -0.2) is 37.6 Å². The van der Waals surface area contributed by atoms with Crippen molar-refractivity contribution < 1.29 is 0 Å². The van der Waals surface area contributed by atoms with Gasteiger partial charge in [0.15, 0.2) is 0 Å². The van der Waals surface area contributed by atoms with Gasteiger partial charge in [0.1, 0.15) is 0 Å². The van der Waals surface area contributed by atoms with Crippen molar-refractivity contribution in [2.45, 2.75) is 44.9 Å². The van der Waals surface area contributed by atoms with Gasteiger partial charge in [0, 0.05) is 19.6 Å². The summed E-state index contributed by atoms with van der Waals surface area (Å²) in [4.78, 5) is 2.74. The molecule has 2 aliphatic heterocycles. The molecule has 16 heavy (non-hydrogen) atoms. The Kier molecular flexibility index (Phi) is 3.21. The van der Waals surface area contributed by atoms with Crippen LogP contribution in [0.25, 0.3) is 0 Å².